The lowest BCUT2D eigenvalue weighted by molar-refractivity contribution is 0.660. The van der Waals surface area contributed by atoms with Crippen LogP contribution in [0, 0.1) is 0 Å². The van der Waals surface area contributed by atoms with E-state index >= 15 is 0 Å². The second-order valence-electron chi connectivity index (χ2n) is 17.7. The van der Waals surface area contributed by atoms with E-state index in [4.69, 9.17) is 0 Å². The first kappa shape index (κ1) is 38.5. The standard InChI is InChI=1S/C63H46N2/c1-63(2)58-41-51(36-38-54(58)55-39-37-52(42-59(55)63)65-61-26-13-10-23-56(61)57-24-11-14-27-62(57)65)64(50-34-32-46(33-35-50)49-21-15-20-48(40-49)44-18-7-4-8-19-44)60-25-12-9-22-53(60)47-30-28-45(29-31-47)43-16-5-3-6-17-43/h3-42H,1-2H3. The summed E-state index contributed by atoms with van der Waals surface area (Å²) in [6.07, 6.45) is 0. The summed E-state index contributed by atoms with van der Waals surface area (Å²) in [7, 11) is 0. The van der Waals surface area contributed by atoms with Crippen molar-refractivity contribution in [1.29, 1.82) is 0 Å². The average molecular weight is 831 g/mol. The number of aromatic nitrogens is 1. The third-order valence-electron chi connectivity index (χ3n) is 13.6. The zero-order valence-electron chi connectivity index (χ0n) is 36.5. The van der Waals surface area contributed by atoms with Gasteiger partial charge in [0.15, 0.2) is 0 Å². The first-order valence-corrected chi connectivity index (χ1v) is 22.6. The Balaban J connectivity index is 0.972. The molecule has 0 bridgehead atoms. The van der Waals surface area contributed by atoms with Gasteiger partial charge in [-0.3, -0.25) is 0 Å². The van der Waals surface area contributed by atoms with Crippen molar-refractivity contribution in [2.75, 3.05) is 4.90 Å². The maximum atomic E-state index is 2.45. The Kier molecular flexibility index (Phi) is 9.21. The number of hydrogen-bond donors (Lipinski definition) is 0. The molecule has 308 valence electrons. The van der Waals surface area contributed by atoms with E-state index in [-0.39, 0.29) is 5.41 Å². The van der Waals surface area contributed by atoms with Gasteiger partial charge in [0.25, 0.3) is 0 Å². The molecule has 0 saturated heterocycles. The number of para-hydroxylation sites is 3. The number of rotatable bonds is 8. The molecule has 1 aliphatic carbocycles. The lowest BCUT2D eigenvalue weighted by Gasteiger charge is -2.30. The van der Waals surface area contributed by atoms with Crippen LogP contribution in [-0.2, 0) is 5.41 Å². The zero-order chi connectivity index (χ0) is 43.5. The summed E-state index contributed by atoms with van der Waals surface area (Å²) in [5.74, 6) is 0. The largest absolute Gasteiger partial charge is 0.310 e. The third kappa shape index (κ3) is 6.57. The third-order valence-corrected chi connectivity index (χ3v) is 13.6. The highest BCUT2D eigenvalue weighted by molar-refractivity contribution is 6.09. The van der Waals surface area contributed by atoms with Crippen molar-refractivity contribution in [3.05, 3.63) is 254 Å². The fraction of sp³-hybridized carbons (Fsp3) is 0.0476. The molecular formula is C63H46N2. The molecule has 65 heavy (non-hydrogen) atoms. The van der Waals surface area contributed by atoms with Gasteiger partial charge in [0, 0.05) is 38.8 Å². The van der Waals surface area contributed by atoms with Crippen molar-refractivity contribution in [2.45, 2.75) is 19.3 Å². The van der Waals surface area contributed by atoms with E-state index in [9.17, 15) is 0 Å². The summed E-state index contributed by atoms with van der Waals surface area (Å²) < 4.78 is 2.43. The van der Waals surface area contributed by atoms with Crippen molar-refractivity contribution < 1.29 is 0 Å². The van der Waals surface area contributed by atoms with Crippen LogP contribution >= 0.6 is 0 Å². The summed E-state index contributed by atoms with van der Waals surface area (Å²) in [6, 6.07) is 88.8. The van der Waals surface area contributed by atoms with Crippen molar-refractivity contribution >= 4 is 38.9 Å². The smallest absolute Gasteiger partial charge is 0.0541 e. The monoisotopic (exact) mass is 830 g/mol. The fourth-order valence-corrected chi connectivity index (χ4v) is 10.3. The Bertz CT molecular complexity index is 3490. The molecule has 12 rings (SSSR count). The summed E-state index contributed by atoms with van der Waals surface area (Å²) in [5, 5.41) is 2.55. The van der Waals surface area contributed by atoms with Crippen LogP contribution in [0.25, 0.3) is 83.1 Å². The van der Waals surface area contributed by atoms with Crippen LogP contribution in [0.1, 0.15) is 25.0 Å². The molecule has 2 heteroatoms. The van der Waals surface area contributed by atoms with E-state index < -0.39 is 0 Å². The summed E-state index contributed by atoms with van der Waals surface area (Å²) in [6.45, 7) is 4.78. The van der Waals surface area contributed by atoms with Gasteiger partial charge < -0.3 is 9.47 Å². The topological polar surface area (TPSA) is 8.17 Å². The molecule has 1 aliphatic rings. The van der Waals surface area contributed by atoms with Gasteiger partial charge in [0.1, 0.15) is 0 Å². The van der Waals surface area contributed by atoms with Gasteiger partial charge in [-0.15, -0.1) is 0 Å². The molecule has 11 aromatic rings. The van der Waals surface area contributed by atoms with Crippen LogP contribution in [0.4, 0.5) is 17.1 Å². The molecule has 1 aromatic heterocycles. The number of benzene rings is 10. The summed E-state index contributed by atoms with van der Waals surface area (Å²) >= 11 is 0. The number of anilines is 3. The summed E-state index contributed by atoms with van der Waals surface area (Å²) in [4.78, 5) is 2.45. The second-order valence-corrected chi connectivity index (χ2v) is 17.7. The highest BCUT2D eigenvalue weighted by atomic mass is 15.1. The number of hydrogen-bond acceptors (Lipinski definition) is 1. The first-order chi connectivity index (χ1) is 32.0. The Hall–Kier alpha value is -8.20. The fourth-order valence-electron chi connectivity index (χ4n) is 10.3. The van der Waals surface area contributed by atoms with E-state index in [0.717, 1.165) is 17.1 Å². The molecule has 0 radical (unpaired) electrons. The lowest BCUT2D eigenvalue weighted by Crippen LogP contribution is -2.17. The van der Waals surface area contributed by atoms with Crippen LogP contribution in [0.15, 0.2) is 243 Å². The Morgan fingerprint density at radius 3 is 1.45 bits per heavy atom. The number of nitrogens with zero attached hydrogens (tertiary/aromatic N) is 2. The Labute approximate surface area is 381 Å². The molecule has 0 fully saturated rings. The van der Waals surface area contributed by atoms with Crippen LogP contribution in [0.2, 0.25) is 0 Å². The van der Waals surface area contributed by atoms with E-state index in [1.165, 1.54) is 94.3 Å². The highest BCUT2D eigenvalue weighted by Crippen LogP contribution is 2.52. The quantitative estimate of drug-likeness (QED) is 0.148. The zero-order valence-corrected chi connectivity index (χ0v) is 36.5. The molecule has 0 unspecified atom stereocenters. The molecule has 0 saturated carbocycles. The first-order valence-electron chi connectivity index (χ1n) is 22.6. The van der Waals surface area contributed by atoms with Gasteiger partial charge in [0.05, 0.1) is 16.7 Å². The molecule has 10 aromatic carbocycles. The predicted octanol–water partition coefficient (Wildman–Crippen LogP) is 17.2. The van der Waals surface area contributed by atoms with E-state index in [1.807, 2.05) is 0 Å². The van der Waals surface area contributed by atoms with Gasteiger partial charge in [-0.05, 0) is 122 Å². The van der Waals surface area contributed by atoms with Crippen LogP contribution in [0.3, 0.4) is 0 Å². The minimum Gasteiger partial charge on any atom is -0.310 e. The molecule has 2 nitrogen and oxygen atoms in total. The normalized spacial score (nSPS) is 12.6. The molecule has 0 atom stereocenters. The van der Waals surface area contributed by atoms with Gasteiger partial charge >= 0.3 is 0 Å². The van der Waals surface area contributed by atoms with Crippen molar-refractivity contribution in [2.24, 2.45) is 0 Å². The van der Waals surface area contributed by atoms with Gasteiger partial charge in [-0.1, -0.05) is 196 Å². The number of fused-ring (bicyclic) bond motifs is 6. The van der Waals surface area contributed by atoms with Gasteiger partial charge in [-0.25, -0.2) is 0 Å². The lowest BCUT2D eigenvalue weighted by atomic mass is 9.82. The van der Waals surface area contributed by atoms with Crippen molar-refractivity contribution in [1.82, 2.24) is 4.57 Å². The maximum Gasteiger partial charge on any atom is 0.0541 e. The predicted molar refractivity (Wildman–Crippen MR) is 275 cm³/mol. The molecule has 0 amide bonds. The molecule has 1 heterocycles. The van der Waals surface area contributed by atoms with Crippen LogP contribution in [0.5, 0.6) is 0 Å². The summed E-state index contributed by atoms with van der Waals surface area (Å²) in [5.41, 5.74) is 21.6. The minimum absolute atomic E-state index is 0.248. The van der Waals surface area contributed by atoms with E-state index in [1.54, 1.807) is 0 Å². The van der Waals surface area contributed by atoms with E-state index in [0.29, 0.717) is 0 Å². The van der Waals surface area contributed by atoms with Crippen LogP contribution in [-0.4, -0.2) is 4.57 Å². The average Bonchev–Trinajstić information content (AvgIpc) is 3.82. The Morgan fingerprint density at radius 2 is 0.785 bits per heavy atom. The highest BCUT2D eigenvalue weighted by Gasteiger charge is 2.37. The molecule has 0 N–H and O–H groups in total. The molecule has 0 spiro atoms. The van der Waals surface area contributed by atoms with Gasteiger partial charge in [0.2, 0.25) is 0 Å². The van der Waals surface area contributed by atoms with Gasteiger partial charge in [-0.2, -0.15) is 0 Å². The molecular weight excluding hydrogens is 785 g/mol. The van der Waals surface area contributed by atoms with E-state index in [2.05, 4.69) is 266 Å². The minimum atomic E-state index is -0.248. The van der Waals surface area contributed by atoms with Crippen molar-refractivity contribution in [3.63, 3.8) is 0 Å². The van der Waals surface area contributed by atoms with Crippen molar-refractivity contribution in [3.8, 4) is 61.3 Å². The van der Waals surface area contributed by atoms with Crippen LogP contribution < -0.4 is 4.90 Å². The molecule has 0 aliphatic heterocycles. The Morgan fingerprint density at radius 1 is 0.323 bits per heavy atom. The second kappa shape index (κ2) is 15.6. The SMILES string of the molecule is CC1(C)c2cc(N(c3ccc(-c4cccc(-c5ccccc5)c4)cc3)c3ccccc3-c3ccc(-c4ccccc4)cc3)ccc2-c2ccc(-n3c4ccccc4c4ccccc43)cc21. The maximum absolute atomic E-state index is 2.45.